The summed E-state index contributed by atoms with van der Waals surface area (Å²) in [6.45, 7) is 5.11. The third kappa shape index (κ3) is 3.73. The zero-order valence-electron chi connectivity index (χ0n) is 13.7. The van der Waals surface area contributed by atoms with Crippen molar-refractivity contribution >= 4 is 5.91 Å². The van der Waals surface area contributed by atoms with Crippen LogP contribution in [0.5, 0.6) is 5.75 Å². The predicted molar refractivity (Wildman–Crippen MR) is 88.3 cm³/mol. The lowest BCUT2D eigenvalue weighted by molar-refractivity contribution is -0.124. The van der Waals surface area contributed by atoms with E-state index in [1.165, 1.54) is 0 Å². The summed E-state index contributed by atoms with van der Waals surface area (Å²) in [5.41, 5.74) is 0.0925. The van der Waals surface area contributed by atoms with Gasteiger partial charge >= 0.3 is 0 Å². The maximum absolute atomic E-state index is 12.3. The molecule has 0 aliphatic heterocycles. The van der Waals surface area contributed by atoms with Crippen LogP contribution >= 0.6 is 0 Å². The van der Waals surface area contributed by atoms with E-state index in [2.05, 4.69) is 10.3 Å². The first-order valence-corrected chi connectivity index (χ1v) is 8.05. The highest BCUT2D eigenvalue weighted by Crippen LogP contribution is 2.45. The van der Waals surface area contributed by atoms with Crippen LogP contribution in [0.1, 0.15) is 31.6 Å². The number of nitrogens with zero attached hydrogens (tertiary/aromatic N) is 2. The van der Waals surface area contributed by atoms with Gasteiger partial charge in [-0.05, 0) is 38.8 Å². The first kappa shape index (κ1) is 15.6. The SMILES string of the molecule is Cc1nccn1C(C)C(=O)NCC1(COc2ccccc2)CC1. The summed E-state index contributed by atoms with van der Waals surface area (Å²) < 4.78 is 7.74. The van der Waals surface area contributed by atoms with Crippen molar-refractivity contribution < 1.29 is 9.53 Å². The van der Waals surface area contributed by atoms with E-state index in [0.717, 1.165) is 24.4 Å². The van der Waals surface area contributed by atoms with Crippen LogP contribution in [0.3, 0.4) is 0 Å². The van der Waals surface area contributed by atoms with E-state index in [1.54, 1.807) is 6.20 Å². The maximum atomic E-state index is 12.3. The van der Waals surface area contributed by atoms with Crippen LogP contribution < -0.4 is 10.1 Å². The highest BCUT2D eigenvalue weighted by molar-refractivity contribution is 5.80. The highest BCUT2D eigenvalue weighted by atomic mass is 16.5. The Balaban J connectivity index is 1.49. The molecule has 0 spiro atoms. The molecule has 1 amide bonds. The van der Waals surface area contributed by atoms with Crippen LogP contribution in [-0.2, 0) is 4.79 Å². The largest absolute Gasteiger partial charge is 0.493 e. The van der Waals surface area contributed by atoms with Crippen molar-refractivity contribution in [2.24, 2.45) is 5.41 Å². The molecule has 1 unspecified atom stereocenters. The molecule has 1 atom stereocenters. The van der Waals surface area contributed by atoms with Crippen LogP contribution in [0, 0.1) is 12.3 Å². The second-order valence-electron chi connectivity index (χ2n) is 6.38. The lowest BCUT2D eigenvalue weighted by Crippen LogP contribution is -2.37. The van der Waals surface area contributed by atoms with E-state index < -0.39 is 0 Å². The van der Waals surface area contributed by atoms with E-state index in [1.807, 2.05) is 54.9 Å². The maximum Gasteiger partial charge on any atom is 0.242 e. The van der Waals surface area contributed by atoms with Crippen molar-refractivity contribution in [2.45, 2.75) is 32.7 Å². The number of ether oxygens (including phenoxy) is 1. The number of hydrogen-bond donors (Lipinski definition) is 1. The molecule has 2 aromatic rings. The number of carbonyl (C=O) groups is 1. The van der Waals surface area contributed by atoms with Crippen LogP contribution in [0.25, 0.3) is 0 Å². The molecule has 23 heavy (non-hydrogen) atoms. The van der Waals surface area contributed by atoms with Gasteiger partial charge in [0.1, 0.15) is 17.6 Å². The normalized spacial score (nSPS) is 16.6. The molecule has 3 rings (SSSR count). The molecule has 1 aliphatic carbocycles. The lowest BCUT2D eigenvalue weighted by atomic mass is 10.1. The molecule has 1 N–H and O–H groups in total. The van der Waals surface area contributed by atoms with Gasteiger partial charge in [-0.25, -0.2) is 4.98 Å². The van der Waals surface area contributed by atoms with Gasteiger partial charge in [-0.3, -0.25) is 4.79 Å². The van der Waals surface area contributed by atoms with Crippen LogP contribution in [0.2, 0.25) is 0 Å². The third-order valence-electron chi connectivity index (χ3n) is 4.54. The zero-order valence-corrected chi connectivity index (χ0v) is 13.7. The van der Waals surface area contributed by atoms with Gasteiger partial charge in [-0.15, -0.1) is 0 Å². The molecule has 122 valence electrons. The molecular formula is C18H23N3O2. The van der Waals surface area contributed by atoms with E-state index in [0.29, 0.717) is 13.2 Å². The van der Waals surface area contributed by atoms with Gasteiger partial charge in [0.05, 0.1) is 6.61 Å². The first-order valence-electron chi connectivity index (χ1n) is 8.05. The van der Waals surface area contributed by atoms with Gasteiger partial charge in [-0.1, -0.05) is 18.2 Å². The summed E-state index contributed by atoms with van der Waals surface area (Å²) in [5, 5.41) is 3.07. The van der Waals surface area contributed by atoms with E-state index in [-0.39, 0.29) is 17.4 Å². The van der Waals surface area contributed by atoms with Crippen LogP contribution in [0.4, 0.5) is 0 Å². The quantitative estimate of drug-likeness (QED) is 0.855. The number of aromatic nitrogens is 2. The molecule has 5 nitrogen and oxygen atoms in total. The average Bonchev–Trinajstić information content (AvgIpc) is 3.23. The molecule has 1 heterocycles. The van der Waals surface area contributed by atoms with E-state index in [4.69, 9.17) is 4.74 Å². The fourth-order valence-corrected chi connectivity index (χ4v) is 2.65. The Labute approximate surface area is 136 Å². The summed E-state index contributed by atoms with van der Waals surface area (Å²) in [5.74, 6) is 1.76. The minimum Gasteiger partial charge on any atom is -0.493 e. The van der Waals surface area contributed by atoms with Gasteiger partial charge < -0.3 is 14.6 Å². The Kier molecular flexibility index (Phi) is 4.37. The van der Waals surface area contributed by atoms with Gasteiger partial charge in [0, 0.05) is 24.4 Å². The summed E-state index contributed by atoms with van der Waals surface area (Å²) in [7, 11) is 0. The van der Waals surface area contributed by atoms with Gasteiger partial charge in [-0.2, -0.15) is 0 Å². The lowest BCUT2D eigenvalue weighted by Gasteiger charge is -2.20. The molecule has 1 aromatic carbocycles. The smallest absolute Gasteiger partial charge is 0.242 e. The molecule has 1 fully saturated rings. The van der Waals surface area contributed by atoms with Gasteiger partial charge in [0.25, 0.3) is 0 Å². The number of amides is 1. The van der Waals surface area contributed by atoms with Crippen molar-refractivity contribution in [1.82, 2.24) is 14.9 Å². The third-order valence-corrected chi connectivity index (χ3v) is 4.54. The molecule has 5 heteroatoms. The minimum atomic E-state index is -0.247. The molecular weight excluding hydrogens is 290 g/mol. The Bertz CT molecular complexity index is 662. The van der Waals surface area contributed by atoms with Crippen molar-refractivity contribution in [3.63, 3.8) is 0 Å². The Morgan fingerprint density at radius 1 is 1.39 bits per heavy atom. The number of benzene rings is 1. The van der Waals surface area contributed by atoms with E-state index in [9.17, 15) is 4.79 Å². The second kappa shape index (κ2) is 6.44. The Morgan fingerprint density at radius 2 is 2.13 bits per heavy atom. The molecule has 1 aromatic heterocycles. The van der Waals surface area contributed by atoms with Crippen LogP contribution in [-0.4, -0.2) is 28.6 Å². The number of aryl methyl sites for hydroxylation is 1. The van der Waals surface area contributed by atoms with Crippen molar-refractivity contribution in [2.75, 3.05) is 13.2 Å². The highest BCUT2D eigenvalue weighted by Gasteiger charge is 2.44. The van der Waals surface area contributed by atoms with Gasteiger partial charge in [0.2, 0.25) is 5.91 Å². The fourth-order valence-electron chi connectivity index (χ4n) is 2.65. The van der Waals surface area contributed by atoms with Crippen molar-refractivity contribution in [1.29, 1.82) is 0 Å². The molecule has 0 radical (unpaired) electrons. The molecule has 1 saturated carbocycles. The fraction of sp³-hybridized carbons (Fsp3) is 0.444. The summed E-state index contributed by atoms with van der Waals surface area (Å²) in [4.78, 5) is 16.5. The number of carbonyl (C=O) groups excluding carboxylic acids is 1. The molecule has 1 aliphatic rings. The standard InChI is InChI=1S/C18H23N3O2/c1-14(21-11-10-19-15(21)2)17(22)20-12-18(8-9-18)13-23-16-6-4-3-5-7-16/h3-7,10-11,14H,8-9,12-13H2,1-2H3,(H,20,22). The minimum absolute atomic E-state index is 0.0251. The summed E-state index contributed by atoms with van der Waals surface area (Å²) in [6.07, 6.45) is 5.75. The van der Waals surface area contributed by atoms with Gasteiger partial charge in [0.15, 0.2) is 0 Å². The number of nitrogens with one attached hydrogen (secondary N) is 1. The van der Waals surface area contributed by atoms with E-state index >= 15 is 0 Å². The van der Waals surface area contributed by atoms with Crippen molar-refractivity contribution in [3.8, 4) is 5.75 Å². The average molecular weight is 313 g/mol. The Hall–Kier alpha value is -2.30. The topological polar surface area (TPSA) is 56.2 Å². The van der Waals surface area contributed by atoms with Crippen molar-refractivity contribution in [3.05, 3.63) is 48.5 Å². The Morgan fingerprint density at radius 3 is 2.74 bits per heavy atom. The summed E-state index contributed by atoms with van der Waals surface area (Å²) >= 11 is 0. The number of para-hydroxylation sites is 1. The van der Waals surface area contributed by atoms with Crippen LogP contribution in [0.15, 0.2) is 42.7 Å². The molecule has 0 saturated heterocycles. The monoisotopic (exact) mass is 313 g/mol. The predicted octanol–water partition coefficient (Wildman–Crippen LogP) is 2.73. The number of hydrogen-bond acceptors (Lipinski definition) is 3. The second-order valence-corrected chi connectivity index (χ2v) is 6.38. The first-order chi connectivity index (χ1) is 11.1. The number of imidazole rings is 1. The summed E-state index contributed by atoms with van der Waals surface area (Å²) in [6, 6.07) is 9.57. The molecule has 0 bridgehead atoms. The number of rotatable bonds is 7. The zero-order chi connectivity index (χ0) is 16.3.